The number of Topliss-reactive ketones (excluding diaryl/α,β-unsaturated/α-hetero) is 1. The highest BCUT2D eigenvalue weighted by Gasteiger charge is 2.07. The Hall–Kier alpha value is -2.17. The van der Waals surface area contributed by atoms with Gasteiger partial charge in [-0.15, -0.1) is 0 Å². The first-order valence-corrected chi connectivity index (χ1v) is 4.71. The number of aromatic amines is 1. The summed E-state index contributed by atoms with van der Waals surface area (Å²) in [6.45, 7) is 1.35. The van der Waals surface area contributed by atoms with Crippen LogP contribution in [0.5, 0.6) is 5.75 Å². The first kappa shape index (κ1) is 10.4. The average Bonchev–Trinajstić information content (AvgIpc) is 2.28. The average molecular weight is 218 g/mol. The Morgan fingerprint density at radius 2 is 2.19 bits per heavy atom. The van der Waals surface area contributed by atoms with Gasteiger partial charge in [0.25, 0.3) is 5.56 Å². The van der Waals surface area contributed by atoms with E-state index in [9.17, 15) is 9.59 Å². The summed E-state index contributed by atoms with van der Waals surface area (Å²) in [5.74, 6) is 0.382. The minimum Gasteiger partial charge on any atom is -0.497 e. The number of hydrogen-bond donors (Lipinski definition) is 1. The molecule has 1 aromatic heterocycles. The normalized spacial score (nSPS) is 10.4. The van der Waals surface area contributed by atoms with Crippen molar-refractivity contribution in [1.29, 1.82) is 0 Å². The van der Waals surface area contributed by atoms with E-state index in [0.29, 0.717) is 16.7 Å². The van der Waals surface area contributed by atoms with Gasteiger partial charge in [-0.2, -0.15) is 0 Å². The molecule has 1 heterocycles. The Bertz CT molecular complexity index is 616. The molecular formula is C11H10N2O3. The number of ketones is 1. The number of benzene rings is 1. The predicted molar refractivity (Wildman–Crippen MR) is 58.9 cm³/mol. The van der Waals surface area contributed by atoms with Gasteiger partial charge < -0.3 is 9.72 Å². The molecule has 0 fully saturated rings. The molecule has 1 aromatic carbocycles. The van der Waals surface area contributed by atoms with E-state index < -0.39 is 0 Å². The van der Waals surface area contributed by atoms with E-state index in [0.717, 1.165) is 0 Å². The SMILES string of the molecule is COc1ccc2nc(C(C)=O)[nH]c(=O)c2c1. The number of nitrogens with one attached hydrogen (secondary N) is 1. The van der Waals surface area contributed by atoms with E-state index in [4.69, 9.17) is 4.74 Å². The van der Waals surface area contributed by atoms with Crippen LogP contribution in [0.2, 0.25) is 0 Å². The Morgan fingerprint density at radius 1 is 1.44 bits per heavy atom. The zero-order valence-corrected chi connectivity index (χ0v) is 8.90. The van der Waals surface area contributed by atoms with Crippen molar-refractivity contribution in [2.75, 3.05) is 7.11 Å². The van der Waals surface area contributed by atoms with Crippen LogP contribution < -0.4 is 10.3 Å². The van der Waals surface area contributed by atoms with Crippen LogP contribution in [0.1, 0.15) is 17.5 Å². The quantitative estimate of drug-likeness (QED) is 0.767. The third kappa shape index (κ3) is 1.67. The molecule has 0 unspecified atom stereocenters. The van der Waals surface area contributed by atoms with Crippen molar-refractivity contribution in [3.63, 3.8) is 0 Å². The molecule has 0 atom stereocenters. The number of ether oxygens (including phenoxy) is 1. The molecule has 0 radical (unpaired) electrons. The molecule has 2 aromatic rings. The highest BCUT2D eigenvalue weighted by molar-refractivity contribution is 5.92. The number of methoxy groups -OCH3 is 1. The molecule has 0 spiro atoms. The molecule has 16 heavy (non-hydrogen) atoms. The van der Waals surface area contributed by atoms with Crippen LogP contribution in [0, 0.1) is 0 Å². The fourth-order valence-electron chi connectivity index (χ4n) is 1.41. The minimum atomic E-state index is -0.339. The zero-order valence-electron chi connectivity index (χ0n) is 8.90. The Kier molecular flexibility index (Phi) is 2.44. The maximum Gasteiger partial charge on any atom is 0.259 e. The maximum atomic E-state index is 11.7. The molecule has 0 amide bonds. The van der Waals surface area contributed by atoms with Gasteiger partial charge in [-0.3, -0.25) is 9.59 Å². The van der Waals surface area contributed by atoms with Gasteiger partial charge in [0, 0.05) is 6.92 Å². The van der Waals surface area contributed by atoms with Gasteiger partial charge in [0.05, 0.1) is 18.0 Å². The standard InChI is InChI=1S/C11H10N2O3/c1-6(14)10-12-9-4-3-7(16-2)5-8(9)11(15)13-10/h3-5H,1-2H3,(H,12,13,15). The van der Waals surface area contributed by atoms with Gasteiger partial charge in [0.2, 0.25) is 0 Å². The van der Waals surface area contributed by atoms with Gasteiger partial charge in [0.1, 0.15) is 5.75 Å². The fourth-order valence-corrected chi connectivity index (χ4v) is 1.41. The summed E-state index contributed by atoms with van der Waals surface area (Å²) in [5.41, 5.74) is 0.142. The van der Waals surface area contributed by atoms with Crippen LogP contribution in [-0.2, 0) is 0 Å². The maximum absolute atomic E-state index is 11.7. The van der Waals surface area contributed by atoms with Crippen molar-refractivity contribution < 1.29 is 9.53 Å². The number of hydrogen-bond acceptors (Lipinski definition) is 4. The molecule has 0 aliphatic heterocycles. The second-order valence-electron chi connectivity index (χ2n) is 3.35. The van der Waals surface area contributed by atoms with E-state index in [1.165, 1.54) is 14.0 Å². The summed E-state index contributed by atoms with van der Waals surface area (Å²) in [4.78, 5) is 29.3. The highest BCUT2D eigenvalue weighted by Crippen LogP contribution is 2.15. The van der Waals surface area contributed by atoms with Crippen LogP contribution in [-0.4, -0.2) is 22.9 Å². The zero-order chi connectivity index (χ0) is 11.7. The number of H-pyrrole nitrogens is 1. The number of carbonyl (C=O) groups excluding carboxylic acids is 1. The van der Waals surface area contributed by atoms with Crippen molar-refractivity contribution in [1.82, 2.24) is 9.97 Å². The largest absolute Gasteiger partial charge is 0.497 e. The summed E-state index contributed by atoms with van der Waals surface area (Å²) in [7, 11) is 1.52. The third-order valence-corrected chi connectivity index (χ3v) is 2.25. The number of fused-ring (bicyclic) bond motifs is 1. The van der Waals surface area contributed by atoms with Crippen LogP contribution in [0.4, 0.5) is 0 Å². The molecule has 0 aliphatic rings. The lowest BCUT2D eigenvalue weighted by atomic mass is 10.2. The van der Waals surface area contributed by atoms with Crippen molar-refractivity contribution in [3.8, 4) is 5.75 Å². The van der Waals surface area contributed by atoms with Crippen LogP contribution in [0.15, 0.2) is 23.0 Å². The molecule has 0 saturated heterocycles. The van der Waals surface area contributed by atoms with Gasteiger partial charge in [0.15, 0.2) is 11.6 Å². The summed E-state index contributed by atoms with van der Waals surface area (Å²) in [6.07, 6.45) is 0. The van der Waals surface area contributed by atoms with E-state index in [1.807, 2.05) is 0 Å². The molecule has 2 rings (SSSR count). The fraction of sp³-hybridized carbons (Fsp3) is 0.182. The van der Waals surface area contributed by atoms with Gasteiger partial charge in [-0.25, -0.2) is 4.98 Å². The Labute approximate surface area is 91.1 Å². The summed E-state index contributed by atoms with van der Waals surface area (Å²) >= 11 is 0. The third-order valence-electron chi connectivity index (χ3n) is 2.25. The predicted octanol–water partition coefficient (Wildman–Crippen LogP) is 1.13. The monoisotopic (exact) mass is 218 g/mol. The molecule has 1 N–H and O–H groups in total. The molecule has 0 bridgehead atoms. The topological polar surface area (TPSA) is 72.0 Å². The van der Waals surface area contributed by atoms with Gasteiger partial charge >= 0.3 is 0 Å². The van der Waals surface area contributed by atoms with Crippen molar-refractivity contribution >= 4 is 16.7 Å². The smallest absolute Gasteiger partial charge is 0.259 e. The number of nitrogens with zero attached hydrogens (tertiary/aromatic N) is 1. The lowest BCUT2D eigenvalue weighted by Crippen LogP contribution is -2.14. The van der Waals surface area contributed by atoms with E-state index in [1.54, 1.807) is 18.2 Å². The van der Waals surface area contributed by atoms with Crippen LogP contribution in [0.25, 0.3) is 10.9 Å². The lowest BCUT2D eigenvalue weighted by molar-refractivity contribution is 0.100. The second-order valence-corrected chi connectivity index (χ2v) is 3.35. The highest BCUT2D eigenvalue weighted by atomic mass is 16.5. The van der Waals surface area contributed by atoms with E-state index in [2.05, 4.69) is 9.97 Å². The van der Waals surface area contributed by atoms with Gasteiger partial charge in [-0.05, 0) is 18.2 Å². The first-order valence-electron chi connectivity index (χ1n) is 4.71. The van der Waals surface area contributed by atoms with E-state index in [-0.39, 0.29) is 17.2 Å². The Morgan fingerprint density at radius 3 is 2.81 bits per heavy atom. The summed E-state index contributed by atoms with van der Waals surface area (Å²) in [6, 6.07) is 4.93. The Balaban J connectivity index is 2.76. The van der Waals surface area contributed by atoms with Crippen LogP contribution >= 0.6 is 0 Å². The minimum absolute atomic E-state index is 0.0719. The summed E-state index contributed by atoms with van der Waals surface area (Å²) in [5, 5.41) is 0.407. The number of carbonyl (C=O) groups is 1. The number of aromatic nitrogens is 2. The second kappa shape index (κ2) is 3.77. The first-order chi connectivity index (χ1) is 7.61. The number of rotatable bonds is 2. The molecule has 5 heteroatoms. The summed E-state index contributed by atoms with van der Waals surface area (Å²) < 4.78 is 5.01. The molecule has 82 valence electrons. The van der Waals surface area contributed by atoms with Crippen LogP contribution in [0.3, 0.4) is 0 Å². The lowest BCUT2D eigenvalue weighted by Gasteiger charge is -2.02. The molecule has 0 saturated carbocycles. The van der Waals surface area contributed by atoms with Crippen molar-refractivity contribution in [2.45, 2.75) is 6.92 Å². The van der Waals surface area contributed by atoms with E-state index >= 15 is 0 Å². The van der Waals surface area contributed by atoms with Gasteiger partial charge in [-0.1, -0.05) is 0 Å². The molecule has 0 aliphatic carbocycles. The molecule has 5 nitrogen and oxygen atoms in total. The molecular weight excluding hydrogens is 208 g/mol. The van der Waals surface area contributed by atoms with Crippen molar-refractivity contribution in [3.05, 3.63) is 34.4 Å². The van der Waals surface area contributed by atoms with Crippen molar-refractivity contribution in [2.24, 2.45) is 0 Å².